The minimum absolute atomic E-state index is 0.0392. The van der Waals surface area contributed by atoms with Crippen molar-refractivity contribution >= 4 is 27.3 Å². The highest BCUT2D eigenvalue weighted by atomic mass is 32.2. The number of nitrogens with one attached hydrogen (secondary N) is 1. The lowest BCUT2D eigenvalue weighted by molar-refractivity contribution is 0.0955. The van der Waals surface area contributed by atoms with Crippen LogP contribution in [0.2, 0.25) is 0 Å². The van der Waals surface area contributed by atoms with Crippen molar-refractivity contribution in [2.45, 2.75) is 24.8 Å². The molecule has 0 atom stereocenters. The SMILES string of the molecule is CC/C(=N/NC(=O)c1ccccc1N(Cc1ccccc1)S(=O)(=O)c1ccccc1)c1ccc(OC)c(OC)c1. The second-order valence-electron chi connectivity index (χ2n) is 8.75. The molecular formula is C31H31N3O5S. The van der Waals surface area contributed by atoms with Crippen LogP contribution in [-0.4, -0.2) is 34.3 Å². The highest BCUT2D eigenvalue weighted by molar-refractivity contribution is 7.92. The Balaban J connectivity index is 1.71. The van der Waals surface area contributed by atoms with E-state index in [1.54, 1.807) is 68.8 Å². The van der Waals surface area contributed by atoms with Crippen LogP contribution in [-0.2, 0) is 16.6 Å². The van der Waals surface area contributed by atoms with Crippen LogP contribution >= 0.6 is 0 Å². The molecule has 0 spiro atoms. The number of methoxy groups -OCH3 is 2. The summed E-state index contributed by atoms with van der Waals surface area (Å²) >= 11 is 0. The molecule has 0 heterocycles. The molecule has 0 aliphatic heterocycles. The van der Waals surface area contributed by atoms with Gasteiger partial charge in [-0.05, 0) is 54.4 Å². The number of sulfonamides is 1. The van der Waals surface area contributed by atoms with Crippen molar-refractivity contribution in [1.29, 1.82) is 0 Å². The van der Waals surface area contributed by atoms with Gasteiger partial charge in [0.05, 0.1) is 42.6 Å². The monoisotopic (exact) mass is 557 g/mol. The van der Waals surface area contributed by atoms with Crippen LogP contribution in [0, 0.1) is 0 Å². The average molecular weight is 558 g/mol. The van der Waals surface area contributed by atoms with Gasteiger partial charge in [-0.3, -0.25) is 9.10 Å². The fraction of sp³-hybridized carbons (Fsp3) is 0.161. The Hall–Kier alpha value is -4.63. The Labute approximate surface area is 234 Å². The first-order chi connectivity index (χ1) is 19.4. The molecule has 8 nitrogen and oxygen atoms in total. The molecule has 1 N–H and O–H groups in total. The molecule has 40 heavy (non-hydrogen) atoms. The number of hydrogen-bond acceptors (Lipinski definition) is 6. The standard InChI is InChI=1S/C31H31N3O5S/c1-4-27(24-19-20-29(38-2)30(21-24)39-3)32-33-31(35)26-17-11-12-18-28(26)34(22-23-13-7-5-8-14-23)40(36,37)25-15-9-6-10-16-25/h5-21H,4,22H2,1-3H3,(H,33,35)/b32-27-. The predicted molar refractivity (Wildman–Crippen MR) is 157 cm³/mol. The van der Waals surface area contributed by atoms with E-state index in [1.165, 1.54) is 16.4 Å². The van der Waals surface area contributed by atoms with Crippen molar-refractivity contribution in [3.8, 4) is 11.5 Å². The molecule has 206 valence electrons. The van der Waals surface area contributed by atoms with Crippen LogP contribution in [0.25, 0.3) is 0 Å². The third-order valence-electron chi connectivity index (χ3n) is 6.26. The number of nitrogens with zero attached hydrogens (tertiary/aromatic N) is 2. The number of ether oxygens (including phenoxy) is 2. The van der Waals surface area contributed by atoms with Gasteiger partial charge in [-0.15, -0.1) is 0 Å². The molecule has 4 rings (SSSR count). The van der Waals surface area contributed by atoms with Crippen LogP contribution in [0.4, 0.5) is 5.69 Å². The lowest BCUT2D eigenvalue weighted by atomic mass is 10.1. The van der Waals surface area contributed by atoms with E-state index in [-0.39, 0.29) is 22.7 Å². The maximum atomic E-state index is 13.9. The van der Waals surface area contributed by atoms with Crippen molar-refractivity contribution in [3.63, 3.8) is 0 Å². The number of carbonyl (C=O) groups is 1. The Bertz CT molecular complexity index is 1590. The van der Waals surface area contributed by atoms with Crippen LogP contribution in [0.3, 0.4) is 0 Å². The fourth-order valence-corrected chi connectivity index (χ4v) is 5.69. The highest BCUT2D eigenvalue weighted by Crippen LogP contribution is 2.30. The quantitative estimate of drug-likeness (QED) is 0.190. The summed E-state index contributed by atoms with van der Waals surface area (Å²) in [6.07, 6.45) is 0.528. The first kappa shape index (κ1) is 28.4. The summed E-state index contributed by atoms with van der Waals surface area (Å²) in [5.74, 6) is 0.585. The van der Waals surface area contributed by atoms with Crippen LogP contribution in [0.5, 0.6) is 11.5 Å². The summed E-state index contributed by atoms with van der Waals surface area (Å²) in [4.78, 5) is 13.6. The molecule has 4 aromatic rings. The topological polar surface area (TPSA) is 97.3 Å². The normalized spacial score (nSPS) is 11.5. The number of anilines is 1. The second-order valence-corrected chi connectivity index (χ2v) is 10.6. The molecular weight excluding hydrogens is 526 g/mol. The second kappa shape index (κ2) is 12.9. The van der Waals surface area contributed by atoms with Crippen LogP contribution in [0.15, 0.2) is 113 Å². The number of carbonyl (C=O) groups excluding carboxylic acids is 1. The molecule has 0 aliphatic carbocycles. The molecule has 0 aliphatic rings. The van der Waals surface area contributed by atoms with Gasteiger partial charge in [0.2, 0.25) is 0 Å². The number of hydrazone groups is 1. The Morgan fingerprint density at radius 1 is 0.825 bits per heavy atom. The van der Waals surface area contributed by atoms with Crippen LogP contribution < -0.4 is 19.2 Å². The van der Waals surface area contributed by atoms with Gasteiger partial charge in [-0.2, -0.15) is 5.10 Å². The van der Waals surface area contributed by atoms with Gasteiger partial charge < -0.3 is 9.47 Å². The summed E-state index contributed by atoms with van der Waals surface area (Å²) in [5.41, 5.74) is 5.18. The zero-order valence-electron chi connectivity index (χ0n) is 22.6. The first-order valence-corrected chi connectivity index (χ1v) is 14.1. The summed E-state index contributed by atoms with van der Waals surface area (Å²) in [6, 6.07) is 29.4. The van der Waals surface area contributed by atoms with E-state index in [0.717, 1.165) is 11.1 Å². The van der Waals surface area contributed by atoms with Crippen molar-refractivity contribution in [2.75, 3.05) is 18.5 Å². The molecule has 9 heteroatoms. The number of para-hydroxylation sites is 1. The predicted octanol–water partition coefficient (Wildman–Crippen LogP) is 5.64. The molecule has 0 saturated heterocycles. The van der Waals surface area contributed by atoms with Gasteiger partial charge in [0, 0.05) is 5.56 Å². The summed E-state index contributed by atoms with van der Waals surface area (Å²) in [6.45, 7) is 1.96. The summed E-state index contributed by atoms with van der Waals surface area (Å²) < 4.78 is 39.7. The highest BCUT2D eigenvalue weighted by Gasteiger charge is 2.28. The van der Waals surface area contributed by atoms with E-state index < -0.39 is 15.9 Å². The zero-order chi connectivity index (χ0) is 28.5. The molecule has 4 aromatic carbocycles. The van der Waals surface area contributed by atoms with Crippen molar-refractivity contribution in [1.82, 2.24) is 5.43 Å². The fourth-order valence-electron chi connectivity index (χ4n) is 4.19. The van der Waals surface area contributed by atoms with Gasteiger partial charge in [0.1, 0.15) is 0 Å². The van der Waals surface area contributed by atoms with E-state index >= 15 is 0 Å². The number of benzene rings is 4. The lowest BCUT2D eigenvalue weighted by Crippen LogP contribution is -2.33. The molecule has 0 radical (unpaired) electrons. The lowest BCUT2D eigenvalue weighted by Gasteiger charge is -2.26. The van der Waals surface area contributed by atoms with Crippen molar-refractivity contribution < 1.29 is 22.7 Å². The molecule has 0 bridgehead atoms. The Kier molecular flexibility index (Phi) is 9.19. The average Bonchev–Trinajstić information content (AvgIpc) is 3.00. The third kappa shape index (κ3) is 6.32. The Morgan fingerprint density at radius 2 is 1.45 bits per heavy atom. The van der Waals surface area contributed by atoms with Crippen LogP contribution in [0.1, 0.15) is 34.8 Å². The molecule has 1 amide bonds. The van der Waals surface area contributed by atoms with E-state index in [1.807, 2.05) is 43.3 Å². The van der Waals surface area contributed by atoms with Gasteiger partial charge in [-0.25, -0.2) is 13.8 Å². The van der Waals surface area contributed by atoms with Gasteiger partial charge in [0.25, 0.3) is 15.9 Å². The summed E-state index contributed by atoms with van der Waals surface area (Å²) in [7, 11) is -0.902. The minimum atomic E-state index is -4.01. The maximum absolute atomic E-state index is 13.9. The van der Waals surface area contributed by atoms with E-state index in [0.29, 0.717) is 23.6 Å². The molecule has 0 saturated carbocycles. The van der Waals surface area contributed by atoms with Gasteiger partial charge in [0.15, 0.2) is 11.5 Å². The largest absolute Gasteiger partial charge is 0.493 e. The third-order valence-corrected chi connectivity index (χ3v) is 8.04. The smallest absolute Gasteiger partial charge is 0.273 e. The van der Waals surface area contributed by atoms with E-state index in [2.05, 4.69) is 10.5 Å². The van der Waals surface area contributed by atoms with E-state index in [4.69, 9.17) is 9.47 Å². The van der Waals surface area contributed by atoms with Gasteiger partial charge >= 0.3 is 0 Å². The zero-order valence-corrected chi connectivity index (χ0v) is 23.4. The van der Waals surface area contributed by atoms with Crippen molar-refractivity contribution in [3.05, 3.63) is 120 Å². The summed E-state index contributed by atoms with van der Waals surface area (Å²) in [5, 5.41) is 4.38. The van der Waals surface area contributed by atoms with Crippen molar-refractivity contribution in [2.24, 2.45) is 5.10 Å². The number of hydrogen-bond donors (Lipinski definition) is 1. The molecule has 0 unspecified atom stereocenters. The number of rotatable bonds is 11. The maximum Gasteiger partial charge on any atom is 0.273 e. The molecule has 0 fully saturated rings. The first-order valence-electron chi connectivity index (χ1n) is 12.7. The minimum Gasteiger partial charge on any atom is -0.493 e. The van der Waals surface area contributed by atoms with Gasteiger partial charge in [-0.1, -0.05) is 67.6 Å². The van der Waals surface area contributed by atoms with E-state index in [9.17, 15) is 13.2 Å². The number of amides is 1. The molecule has 0 aromatic heterocycles. The Morgan fingerprint density at radius 3 is 2.10 bits per heavy atom.